The molecule has 40 heavy (non-hydrogen) atoms. The van der Waals surface area contributed by atoms with Gasteiger partial charge in [0.05, 0.1) is 32.5 Å². The second-order valence-corrected chi connectivity index (χ2v) is 9.74. The van der Waals surface area contributed by atoms with Crippen molar-refractivity contribution in [2.24, 2.45) is 0 Å². The molecular weight excluding hydrogens is 522 g/mol. The van der Waals surface area contributed by atoms with Crippen LogP contribution in [0.5, 0.6) is 0 Å². The standard InChI is InChI=1S/C29H39NO10/c31-15-22(18-39-29-28(37)27(36)26(35)23(16-32)40-29)30-24(33)12-5-2-6-13-38-17-19-8-7-11-21(14-19)25(34)20-9-3-1-4-10-20/h1,3-4,7-11,14,22-23,26-29,31-32,35-37H,2,5-6,12-13,15-18H2,(H,30,33). The third-order valence-corrected chi connectivity index (χ3v) is 6.58. The van der Waals surface area contributed by atoms with E-state index in [1.807, 2.05) is 36.4 Å². The van der Waals surface area contributed by atoms with Crippen molar-refractivity contribution in [3.8, 4) is 0 Å². The zero-order valence-electron chi connectivity index (χ0n) is 22.3. The van der Waals surface area contributed by atoms with E-state index in [0.29, 0.717) is 30.8 Å². The smallest absolute Gasteiger partial charge is 0.220 e. The minimum Gasteiger partial charge on any atom is -0.394 e. The van der Waals surface area contributed by atoms with Gasteiger partial charge in [-0.15, -0.1) is 0 Å². The summed E-state index contributed by atoms with van der Waals surface area (Å²) in [5, 5.41) is 51.1. The molecule has 3 rings (SSSR count). The van der Waals surface area contributed by atoms with Crippen LogP contribution in [-0.2, 0) is 25.6 Å². The largest absolute Gasteiger partial charge is 0.394 e. The average molecular weight is 562 g/mol. The van der Waals surface area contributed by atoms with Gasteiger partial charge in [-0.3, -0.25) is 9.59 Å². The Morgan fingerprint density at radius 2 is 1.65 bits per heavy atom. The molecule has 11 nitrogen and oxygen atoms in total. The summed E-state index contributed by atoms with van der Waals surface area (Å²) in [7, 11) is 0. The summed E-state index contributed by atoms with van der Waals surface area (Å²) in [5.41, 5.74) is 2.15. The molecule has 220 valence electrons. The molecule has 0 spiro atoms. The van der Waals surface area contributed by atoms with Gasteiger partial charge >= 0.3 is 0 Å². The van der Waals surface area contributed by atoms with Gasteiger partial charge in [0, 0.05) is 24.2 Å². The molecule has 0 saturated carbocycles. The fraction of sp³-hybridized carbons (Fsp3) is 0.517. The number of aliphatic hydroxyl groups excluding tert-OH is 5. The zero-order valence-corrected chi connectivity index (χ0v) is 22.3. The van der Waals surface area contributed by atoms with E-state index in [2.05, 4.69) is 5.32 Å². The summed E-state index contributed by atoms with van der Waals surface area (Å²) in [5.74, 6) is -0.318. The number of nitrogens with one attached hydrogen (secondary N) is 1. The monoisotopic (exact) mass is 561 g/mol. The summed E-state index contributed by atoms with van der Waals surface area (Å²) in [4.78, 5) is 24.9. The van der Waals surface area contributed by atoms with Crippen LogP contribution in [0.1, 0.15) is 47.2 Å². The summed E-state index contributed by atoms with van der Waals surface area (Å²) >= 11 is 0. The number of carbonyl (C=O) groups is 2. The predicted octanol–water partition coefficient (Wildman–Crippen LogP) is 0.288. The highest BCUT2D eigenvalue weighted by Crippen LogP contribution is 2.22. The molecular formula is C29H39NO10. The van der Waals surface area contributed by atoms with Crippen LogP contribution in [0.4, 0.5) is 0 Å². The molecule has 1 saturated heterocycles. The van der Waals surface area contributed by atoms with Crippen molar-refractivity contribution in [1.29, 1.82) is 0 Å². The lowest BCUT2D eigenvalue weighted by Crippen LogP contribution is -2.59. The fourth-order valence-corrected chi connectivity index (χ4v) is 4.27. The van der Waals surface area contributed by atoms with E-state index in [9.17, 15) is 35.1 Å². The molecule has 1 heterocycles. The number of rotatable bonds is 16. The molecule has 6 atom stereocenters. The third-order valence-electron chi connectivity index (χ3n) is 6.58. The molecule has 2 aromatic carbocycles. The Hall–Kier alpha value is -2.74. The van der Waals surface area contributed by atoms with Crippen LogP contribution in [0.3, 0.4) is 0 Å². The minimum atomic E-state index is -1.57. The van der Waals surface area contributed by atoms with Crippen molar-refractivity contribution < 1.29 is 49.3 Å². The summed E-state index contributed by atoms with van der Waals surface area (Å²) in [6, 6.07) is 15.7. The molecule has 1 amide bonds. The maximum atomic E-state index is 12.6. The van der Waals surface area contributed by atoms with E-state index in [1.54, 1.807) is 18.2 Å². The first-order valence-corrected chi connectivity index (χ1v) is 13.4. The number of aliphatic hydroxyl groups is 5. The van der Waals surface area contributed by atoms with Gasteiger partial charge in [-0.1, -0.05) is 55.0 Å². The van der Waals surface area contributed by atoms with Gasteiger partial charge in [-0.25, -0.2) is 0 Å². The number of ketones is 1. The number of carbonyl (C=O) groups excluding carboxylic acids is 2. The van der Waals surface area contributed by atoms with Gasteiger partial charge in [-0.2, -0.15) is 0 Å². The summed E-state index contributed by atoms with van der Waals surface area (Å²) < 4.78 is 16.4. The van der Waals surface area contributed by atoms with Gasteiger partial charge in [-0.05, 0) is 24.5 Å². The lowest BCUT2D eigenvalue weighted by Gasteiger charge is -2.39. The minimum absolute atomic E-state index is 0.0374. The Morgan fingerprint density at radius 3 is 2.38 bits per heavy atom. The van der Waals surface area contributed by atoms with Crippen LogP contribution >= 0.6 is 0 Å². The lowest BCUT2D eigenvalue weighted by atomic mass is 9.99. The maximum Gasteiger partial charge on any atom is 0.220 e. The highest BCUT2D eigenvalue weighted by Gasteiger charge is 2.44. The Bertz CT molecular complexity index is 1050. The zero-order chi connectivity index (χ0) is 28.9. The topological polar surface area (TPSA) is 175 Å². The molecule has 1 aliphatic rings. The quantitative estimate of drug-likeness (QED) is 0.123. The Kier molecular flexibility index (Phi) is 13.1. The van der Waals surface area contributed by atoms with Crippen LogP contribution in [-0.4, -0.2) is 100 Å². The summed E-state index contributed by atoms with van der Waals surface area (Å²) in [6.07, 6.45) is -4.73. The average Bonchev–Trinajstić information content (AvgIpc) is 2.98. The van der Waals surface area contributed by atoms with Gasteiger partial charge in [0.2, 0.25) is 5.91 Å². The molecule has 1 fully saturated rings. The van der Waals surface area contributed by atoms with E-state index in [0.717, 1.165) is 18.4 Å². The molecule has 6 unspecified atom stereocenters. The first kappa shape index (κ1) is 31.8. The van der Waals surface area contributed by atoms with E-state index in [4.69, 9.17) is 14.2 Å². The number of ether oxygens (including phenoxy) is 3. The van der Waals surface area contributed by atoms with Crippen molar-refractivity contribution >= 4 is 11.7 Å². The van der Waals surface area contributed by atoms with E-state index < -0.39 is 50.0 Å². The number of benzene rings is 2. The first-order valence-electron chi connectivity index (χ1n) is 13.4. The van der Waals surface area contributed by atoms with Crippen molar-refractivity contribution in [2.75, 3.05) is 26.4 Å². The van der Waals surface area contributed by atoms with Gasteiger partial charge < -0.3 is 45.1 Å². The van der Waals surface area contributed by atoms with Crippen molar-refractivity contribution in [3.05, 3.63) is 71.3 Å². The number of amides is 1. The number of hydrogen-bond acceptors (Lipinski definition) is 10. The third kappa shape index (κ3) is 9.43. The number of unbranched alkanes of at least 4 members (excludes halogenated alkanes) is 2. The fourth-order valence-electron chi connectivity index (χ4n) is 4.27. The highest BCUT2D eigenvalue weighted by molar-refractivity contribution is 6.09. The molecule has 0 radical (unpaired) electrons. The second-order valence-electron chi connectivity index (χ2n) is 9.74. The van der Waals surface area contributed by atoms with Crippen LogP contribution in [0.25, 0.3) is 0 Å². The maximum absolute atomic E-state index is 12.6. The Morgan fingerprint density at radius 1 is 0.900 bits per heavy atom. The number of hydrogen-bond donors (Lipinski definition) is 6. The Balaban J connectivity index is 1.29. The molecule has 2 aromatic rings. The van der Waals surface area contributed by atoms with Gasteiger partial charge in [0.25, 0.3) is 0 Å². The van der Waals surface area contributed by atoms with Crippen LogP contribution < -0.4 is 5.32 Å². The molecule has 1 aliphatic heterocycles. The lowest BCUT2D eigenvalue weighted by molar-refractivity contribution is -0.302. The highest BCUT2D eigenvalue weighted by atomic mass is 16.7. The van der Waals surface area contributed by atoms with E-state index in [1.165, 1.54) is 0 Å². The molecule has 0 bridgehead atoms. The van der Waals surface area contributed by atoms with Crippen molar-refractivity contribution in [3.63, 3.8) is 0 Å². The van der Waals surface area contributed by atoms with Gasteiger partial charge in [0.1, 0.15) is 24.4 Å². The Labute approximate surface area is 233 Å². The SMILES string of the molecule is O=C(CCCCCOCc1cccc(C(=O)c2ccccc2)c1)NC(CO)COC1OC(CO)C(O)C(O)C1O. The van der Waals surface area contributed by atoms with Gasteiger partial charge in [0.15, 0.2) is 12.1 Å². The molecule has 11 heteroatoms. The van der Waals surface area contributed by atoms with Crippen molar-refractivity contribution in [2.45, 2.75) is 69.0 Å². The van der Waals surface area contributed by atoms with E-state index >= 15 is 0 Å². The molecule has 6 N–H and O–H groups in total. The van der Waals surface area contributed by atoms with E-state index in [-0.39, 0.29) is 24.7 Å². The molecule has 0 aromatic heterocycles. The van der Waals surface area contributed by atoms with Crippen LogP contribution in [0.15, 0.2) is 54.6 Å². The predicted molar refractivity (Wildman–Crippen MR) is 143 cm³/mol. The van der Waals surface area contributed by atoms with Crippen LogP contribution in [0.2, 0.25) is 0 Å². The normalized spacial score (nSPS) is 23.5. The molecule has 0 aliphatic carbocycles. The van der Waals surface area contributed by atoms with Crippen LogP contribution in [0, 0.1) is 0 Å². The summed E-state index contributed by atoms with van der Waals surface area (Å²) in [6.45, 7) is -0.335. The second kappa shape index (κ2) is 16.5. The first-order chi connectivity index (χ1) is 19.3. The van der Waals surface area contributed by atoms with Crippen molar-refractivity contribution in [1.82, 2.24) is 5.32 Å².